The molecule has 180 valence electrons. The second-order valence-corrected chi connectivity index (χ2v) is 9.78. The topological polar surface area (TPSA) is 76.1 Å². The molecule has 2 amide bonds. The summed E-state index contributed by atoms with van der Waals surface area (Å²) in [5.74, 6) is -1.30. The molecule has 0 radical (unpaired) electrons. The summed E-state index contributed by atoms with van der Waals surface area (Å²) in [4.78, 5) is 44.9. The number of imide groups is 1. The minimum absolute atomic E-state index is 0.127. The number of hydrogen-bond donors (Lipinski definition) is 0. The van der Waals surface area contributed by atoms with E-state index in [1.165, 1.54) is 4.90 Å². The molecule has 5 atom stereocenters. The van der Waals surface area contributed by atoms with Crippen LogP contribution >= 0.6 is 0 Å². The van der Waals surface area contributed by atoms with Gasteiger partial charge in [-0.2, -0.15) is 0 Å². The largest absolute Gasteiger partial charge is 0.497 e. The van der Waals surface area contributed by atoms with Crippen molar-refractivity contribution in [2.45, 2.75) is 38.0 Å². The molecule has 7 nitrogen and oxygen atoms in total. The van der Waals surface area contributed by atoms with Crippen LogP contribution in [0.4, 0.5) is 5.69 Å². The molecular formula is C28H28N2O5. The third-order valence-corrected chi connectivity index (χ3v) is 7.90. The van der Waals surface area contributed by atoms with Crippen LogP contribution in [-0.4, -0.2) is 60.9 Å². The zero-order valence-corrected chi connectivity index (χ0v) is 19.8. The summed E-state index contributed by atoms with van der Waals surface area (Å²) in [5.41, 5.74) is 3.46. The number of rotatable bonds is 5. The van der Waals surface area contributed by atoms with Gasteiger partial charge in [0.05, 0.1) is 37.6 Å². The highest BCUT2D eigenvalue weighted by molar-refractivity contribution is 6.14. The van der Waals surface area contributed by atoms with Crippen LogP contribution in [-0.2, 0) is 14.3 Å². The molecule has 4 aliphatic rings. The number of para-hydroxylation sites is 1. The fourth-order valence-electron chi connectivity index (χ4n) is 6.26. The summed E-state index contributed by atoms with van der Waals surface area (Å²) in [6, 6.07) is 13.7. The van der Waals surface area contributed by atoms with E-state index >= 15 is 0 Å². The third kappa shape index (κ3) is 3.32. The Labute approximate surface area is 204 Å². The summed E-state index contributed by atoms with van der Waals surface area (Å²) < 4.78 is 11.0. The van der Waals surface area contributed by atoms with Gasteiger partial charge < -0.3 is 14.4 Å². The average Bonchev–Trinajstić information content (AvgIpc) is 3.57. The van der Waals surface area contributed by atoms with Crippen molar-refractivity contribution in [3.8, 4) is 5.75 Å². The van der Waals surface area contributed by atoms with E-state index in [2.05, 4.69) is 6.08 Å². The van der Waals surface area contributed by atoms with Gasteiger partial charge in [-0.05, 0) is 55.7 Å². The molecule has 2 aromatic carbocycles. The molecule has 0 N–H and O–H groups in total. The quantitative estimate of drug-likeness (QED) is 0.491. The Bertz CT molecular complexity index is 1230. The van der Waals surface area contributed by atoms with Gasteiger partial charge in [-0.15, -0.1) is 0 Å². The van der Waals surface area contributed by atoms with E-state index in [0.717, 1.165) is 29.7 Å². The number of benzene rings is 2. The number of carbonyl (C=O) groups excluding carboxylic acids is 3. The standard InChI is InChI=1S/C28H28N2O5/c1-16-14-22-23-24(28(33)29(27(23)32)15-19-6-5-13-35-19)25(30(22)21-8-4-3-7-20(16)21)26(31)17-9-11-18(34-2)12-10-17/h3-4,7-12,14,19,22-25H,5-6,13,15H2,1-2H3/t19-,22+,23+,24-,25+/m0/s1. The predicted octanol–water partition coefficient (Wildman–Crippen LogP) is 3.33. The van der Waals surface area contributed by atoms with Gasteiger partial charge in [0.25, 0.3) is 0 Å². The van der Waals surface area contributed by atoms with Crippen LogP contribution < -0.4 is 9.64 Å². The highest BCUT2D eigenvalue weighted by Crippen LogP contribution is 2.50. The molecule has 2 aromatic rings. The molecule has 0 aliphatic carbocycles. The summed E-state index contributed by atoms with van der Waals surface area (Å²) >= 11 is 0. The zero-order chi connectivity index (χ0) is 24.3. The van der Waals surface area contributed by atoms with Gasteiger partial charge in [0.1, 0.15) is 11.8 Å². The maximum atomic E-state index is 14.0. The van der Waals surface area contributed by atoms with Gasteiger partial charge in [-0.3, -0.25) is 19.3 Å². The Morgan fingerprint density at radius 1 is 1.06 bits per heavy atom. The number of allylic oxidation sites excluding steroid dienone is 1. The van der Waals surface area contributed by atoms with Gasteiger partial charge in [0.2, 0.25) is 11.8 Å². The molecule has 0 saturated carbocycles. The summed E-state index contributed by atoms with van der Waals surface area (Å²) in [6.45, 7) is 2.94. The number of hydrogen-bond acceptors (Lipinski definition) is 6. The number of likely N-dealkylation sites (tertiary alicyclic amines) is 1. The van der Waals surface area contributed by atoms with E-state index < -0.39 is 17.9 Å². The van der Waals surface area contributed by atoms with Crippen LogP contribution in [0.2, 0.25) is 0 Å². The Hall–Kier alpha value is -3.45. The summed E-state index contributed by atoms with van der Waals surface area (Å²) in [5, 5.41) is 0. The molecule has 35 heavy (non-hydrogen) atoms. The lowest BCUT2D eigenvalue weighted by atomic mass is 9.85. The number of nitrogens with zero attached hydrogens (tertiary/aromatic N) is 2. The SMILES string of the molecule is COc1ccc(C(=O)[C@H]2[C@H]3C(=O)N(C[C@@H]4CCCO4)C(=O)[C@@H]3[C@H]3C=C(C)c4ccccc4N32)cc1. The molecule has 0 bridgehead atoms. The Morgan fingerprint density at radius 2 is 1.80 bits per heavy atom. The highest BCUT2D eigenvalue weighted by atomic mass is 16.5. The number of amides is 2. The van der Waals surface area contributed by atoms with E-state index in [-0.39, 0.29) is 36.3 Å². The van der Waals surface area contributed by atoms with Gasteiger partial charge in [-0.25, -0.2) is 0 Å². The van der Waals surface area contributed by atoms with E-state index in [9.17, 15) is 14.4 Å². The van der Waals surface area contributed by atoms with Crippen molar-refractivity contribution in [1.82, 2.24) is 4.90 Å². The first-order chi connectivity index (χ1) is 17.0. The number of Topliss-reactive ketones (excluding diaryl/α,β-unsaturated/α-hetero) is 1. The molecule has 4 heterocycles. The van der Waals surface area contributed by atoms with Crippen LogP contribution in [0, 0.1) is 11.8 Å². The van der Waals surface area contributed by atoms with Crippen LogP contribution in [0.3, 0.4) is 0 Å². The monoisotopic (exact) mass is 472 g/mol. The number of fused-ring (bicyclic) bond motifs is 5. The normalized spacial score (nSPS) is 29.1. The summed E-state index contributed by atoms with van der Waals surface area (Å²) in [6.07, 6.45) is 3.70. The van der Waals surface area contributed by atoms with Crippen molar-refractivity contribution < 1.29 is 23.9 Å². The molecule has 3 fully saturated rings. The molecular weight excluding hydrogens is 444 g/mol. The van der Waals surface area contributed by atoms with E-state index in [1.807, 2.05) is 36.1 Å². The van der Waals surface area contributed by atoms with Crippen LogP contribution in [0.1, 0.15) is 35.7 Å². The van der Waals surface area contributed by atoms with Gasteiger partial charge in [-0.1, -0.05) is 24.3 Å². The molecule has 7 heteroatoms. The van der Waals surface area contributed by atoms with Crippen molar-refractivity contribution in [3.63, 3.8) is 0 Å². The zero-order valence-electron chi connectivity index (χ0n) is 19.8. The highest BCUT2D eigenvalue weighted by Gasteiger charge is 2.64. The number of ketones is 1. The fourth-order valence-corrected chi connectivity index (χ4v) is 6.26. The van der Waals surface area contributed by atoms with Crippen molar-refractivity contribution in [1.29, 1.82) is 0 Å². The molecule has 0 unspecified atom stereocenters. The maximum Gasteiger partial charge on any atom is 0.235 e. The molecule has 3 saturated heterocycles. The first kappa shape index (κ1) is 22.0. The first-order valence-corrected chi connectivity index (χ1v) is 12.2. The summed E-state index contributed by atoms with van der Waals surface area (Å²) in [7, 11) is 1.58. The molecule has 4 aliphatic heterocycles. The lowest BCUT2D eigenvalue weighted by molar-refractivity contribution is -0.142. The number of carbonyl (C=O) groups is 3. The average molecular weight is 473 g/mol. The Kier molecular flexibility index (Phi) is 5.25. The fraction of sp³-hybridized carbons (Fsp3) is 0.393. The number of methoxy groups -OCH3 is 1. The van der Waals surface area contributed by atoms with Gasteiger partial charge in [0.15, 0.2) is 5.78 Å². The Morgan fingerprint density at radius 3 is 2.51 bits per heavy atom. The smallest absolute Gasteiger partial charge is 0.235 e. The van der Waals surface area contributed by atoms with Crippen molar-refractivity contribution >= 4 is 28.9 Å². The minimum atomic E-state index is -0.769. The molecule has 0 spiro atoms. The predicted molar refractivity (Wildman–Crippen MR) is 130 cm³/mol. The minimum Gasteiger partial charge on any atom is -0.497 e. The van der Waals surface area contributed by atoms with Gasteiger partial charge >= 0.3 is 0 Å². The lowest BCUT2D eigenvalue weighted by Crippen LogP contribution is -2.49. The van der Waals surface area contributed by atoms with Crippen molar-refractivity contribution in [2.75, 3.05) is 25.2 Å². The Balaban J connectivity index is 1.44. The van der Waals surface area contributed by atoms with Crippen LogP contribution in [0.5, 0.6) is 5.75 Å². The van der Waals surface area contributed by atoms with Crippen LogP contribution in [0.25, 0.3) is 5.57 Å². The maximum absolute atomic E-state index is 14.0. The number of anilines is 1. The molecule has 6 rings (SSSR count). The second kappa shape index (κ2) is 8.34. The van der Waals surface area contributed by atoms with Gasteiger partial charge in [0, 0.05) is 23.4 Å². The second-order valence-electron chi connectivity index (χ2n) is 9.78. The first-order valence-electron chi connectivity index (χ1n) is 12.2. The van der Waals surface area contributed by atoms with E-state index in [0.29, 0.717) is 17.9 Å². The van der Waals surface area contributed by atoms with E-state index in [4.69, 9.17) is 9.47 Å². The van der Waals surface area contributed by atoms with Crippen LogP contribution in [0.15, 0.2) is 54.6 Å². The van der Waals surface area contributed by atoms with Crippen molar-refractivity contribution in [3.05, 3.63) is 65.7 Å². The number of ether oxygens (including phenoxy) is 2. The lowest BCUT2D eigenvalue weighted by Gasteiger charge is -2.38. The third-order valence-electron chi connectivity index (χ3n) is 7.90. The molecule has 0 aromatic heterocycles. The van der Waals surface area contributed by atoms with Crippen molar-refractivity contribution in [2.24, 2.45) is 11.8 Å². The van der Waals surface area contributed by atoms with E-state index in [1.54, 1.807) is 31.4 Å².